The van der Waals surface area contributed by atoms with Crippen molar-refractivity contribution < 1.29 is 9.53 Å². The van der Waals surface area contributed by atoms with Crippen LogP contribution in [0.25, 0.3) is 0 Å². The quantitative estimate of drug-likeness (QED) is 0.917. The van der Waals surface area contributed by atoms with Gasteiger partial charge in [-0.1, -0.05) is 12.1 Å². The van der Waals surface area contributed by atoms with Crippen molar-refractivity contribution in [2.24, 2.45) is 5.92 Å². The fraction of sp³-hybridized carbons (Fsp3) is 0.533. The smallest absolute Gasteiger partial charge is 0.227 e. The molecule has 1 atom stereocenters. The van der Waals surface area contributed by atoms with Gasteiger partial charge in [0.1, 0.15) is 0 Å². The van der Waals surface area contributed by atoms with E-state index in [1.165, 1.54) is 5.56 Å². The highest BCUT2D eigenvalue weighted by Gasteiger charge is 2.21. The summed E-state index contributed by atoms with van der Waals surface area (Å²) in [5.74, 6) is 0.215. The molecule has 1 aliphatic heterocycles. The Bertz CT molecular complexity index is 430. The molecule has 0 spiro atoms. The van der Waals surface area contributed by atoms with Crippen LogP contribution < -0.4 is 5.32 Å². The van der Waals surface area contributed by atoms with Crippen LogP contribution in [0.3, 0.4) is 0 Å². The average Bonchev–Trinajstić information content (AvgIpc) is 2.47. The van der Waals surface area contributed by atoms with Gasteiger partial charge in [0.25, 0.3) is 0 Å². The molecule has 1 saturated heterocycles. The van der Waals surface area contributed by atoms with Gasteiger partial charge in [0.05, 0.1) is 0 Å². The van der Waals surface area contributed by atoms with Crippen molar-refractivity contribution in [2.75, 3.05) is 24.8 Å². The molecule has 1 fully saturated rings. The average molecular weight is 279 g/mol. The van der Waals surface area contributed by atoms with Crippen molar-refractivity contribution in [3.05, 3.63) is 29.8 Å². The van der Waals surface area contributed by atoms with Gasteiger partial charge in [-0.25, -0.2) is 0 Å². The molecule has 0 saturated carbocycles. The van der Waals surface area contributed by atoms with E-state index in [1.807, 2.05) is 12.1 Å². The van der Waals surface area contributed by atoms with E-state index in [4.69, 9.17) is 4.74 Å². The minimum absolute atomic E-state index is 0.0929. The van der Waals surface area contributed by atoms with Gasteiger partial charge in [-0.3, -0.25) is 4.79 Å². The summed E-state index contributed by atoms with van der Waals surface area (Å²) in [5, 5.41) is 3.47. The molecule has 4 heteroatoms. The standard InChI is InChI=1S/C15H21NO2S/c1-11(19-2)13-4-3-5-14(10-13)16-15(17)12-6-8-18-9-7-12/h3-5,10-12H,6-9H2,1-2H3,(H,16,17)/t11-/m0/s1. The van der Waals surface area contributed by atoms with E-state index < -0.39 is 0 Å². The Morgan fingerprint density at radius 3 is 2.84 bits per heavy atom. The third-order valence-corrected chi connectivity index (χ3v) is 4.55. The van der Waals surface area contributed by atoms with Crippen LogP contribution in [-0.4, -0.2) is 25.4 Å². The number of hydrogen-bond donors (Lipinski definition) is 1. The molecule has 1 aromatic rings. The summed E-state index contributed by atoms with van der Waals surface area (Å²) in [7, 11) is 0. The second-order valence-corrected chi connectivity index (χ2v) is 6.06. The maximum Gasteiger partial charge on any atom is 0.227 e. The van der Waals surface area contributed by atoms with E-state index in [1.54, 1.807) is 11.8 Å². The lowest BCUT2D eigenvalue weighted by atomic mass is 9.99. The highest BCUT2D eigenvalue weighted by atomic mass is 32.2. The van der Waals surface area contributed by atoms with E-state index in [0.29, 0.717) is 18.5 Å². The molecule has 1 amide bonds. The normalized spacial score (nSPS) is 18.0. The first-order valence-electron chi connectivity index (χ1n) is 6.72. The number of thioether (sulfide) groups is 1. The topological polar surface area (TPSA) is 38.3 Å². The van der Waals surface area contributed by atoms with Crippen LogP contribution >= 0.6 is 11.8 Å². The largest absolute Gasteiger partial charge is 0.381 e. The third-order valence-electron chi connectivity index (χ3n) is 3.57. The molecule has 1 heterocycles. The van der Waals surface area contributed by atoms with Gasteiger partial charge < -0.3 is 10.1 Å². The first-order chi connectivity index (χ1) is 9.20. The third kappa shape index (κ3) is 3.98. The molecule has 3 nitrogen and oxygen atoms in total. The summed E-state index contributed by atoms with van der Waals surface area (Å²) in [6, 6.07) is 8.12. The maximum absolute atomic E-state index is 12.1. The number of hydrogen-bond acceptors (Lipinski definition) is 3. The Hall–Kier alpha value is -1.00. The predicted molar refractivity (Wildman–Crippen MR) is 80.5 cm³/mol. The lowest BCUT2D eigenvalue weighted by molar-refractivity contribution is -0.122. The lowest BCUT2D eigenvalue weighted by Gasteiger charge is -2.21. The van der Waals surface area contributed by atoms with E-state index in [9.17, 15) is 4.79 Å². The van der Waals surface area contributed by atoms with Gasteiger partial charge in [0, 0.05) is 30.1 Å². The number of rotatable bonds is 4. The van der Waals surface area contributed by atoms with Gasteiger partial charge in [0.15, 0.2) is 0 Å². The summed E-state index contributed by atoms with van der Waals surface area (Å²) >= 11 is 1.80. The second kappa shape index (κ2) is 6.96. The SMILES string of the molecule is CS[C@@H](C)c1cccc(NC(=O)C2CCOCC2)c1. The fourth-order valence-corrected chi connectivity index (χ4v) is 2.63. The minimum atomic E-state index is 0.0929. The number of anilines is 1. The number of amides is 1. The number of nitrogens with one attached hydrogen (secondary N) is 1. The Balaban J connectivity index is 2.00. The van der Waals surface area contributed by atoms with Crippen LogP contribution in [-0.2, 0) is 9.53 Å². The molecular formula is C15H21NO2S. The van der Waals surface area contributed by atoms with Crippen molar-refractivity contribution in [3.8, 4) is 0 Å². The van der Waals surface area contributed by atoms with Gasteiger partial charge in [-0.05, 0) is 43.7 Å². The van der Waals surface area contributed by atoms with Gasteiger partial charge >= 0.3 is 0 Å². The number of benzene rings is 1. The molecule has 1 aliphatic rings. The van der Waals surface area contributed by atoms with E-state index >= 15 is 0 Å². The maximum atomic E-state index is 12.1. The van der Waals surface area contributed by atoms with Crippen LogP contribution in [0.15, 0.2) is 24.3 Å². The highest BCUT2D eigenvalue weighted by Crippen LogP contribution is 2.27. The summed E-state index contributed by atoms with van der Waals surface area (Å²) in [6.07, 6.45) is 3.75. The summed E-state index contributed by atoms with van der Waals surface area (Å²) in [5.41, 5.74) is 2.15. The Morgan fingerprint density at radius 2 is 2.16 bits per heavy atom. The van der Waals surface area contributed by atoms with Crippen LogP contribution in [0.2, 0.25) is 0 Å². The summed E-state index contributed by atoms with van der Waals surface area (Å²) in [4.78, 5) is 12.1. The van der Waals surface area contributed by atoms with E-state index in [0.717, 1.165) is 18.5 Å². The monoisotopic (exact) mass is 279 g/mol. The van der Waals surface area contributed by atoms with Crippen molar-refractivity contribution >= 4 is 23.4 Å². The van der Waals surface area contributed by atoms with Crippen LogP contribution in [0.5, 0.6) is 0 Å². The lowest BCUT2D eigenvalue weighted by Crippen LogP contribution is -2.28. The molecular weight excluding hydrogens is 258 g/mol. The van der Waals surface area contributed by atoms with Gasteiger partial charge in [-0.2, -0.15) is 11.8 Å². The Morgan fingerprint density at radius 1 is 1.42 bits per heavy atom. The molecule has 2 rings (SSSR count). The molecule has 104 valence electrons. The van der Waals surface area contributed by atoms with Crippen molar-refractivity contribution in [2.45, 2.75) is 25.0 Å². The molecule has 0 aromatic heterocycles. The van der Waals surface area contributed by atoms with Crippen LogP contribution in [0.1, 0.15) is 30.6 Å². The minimum Gasteiger partial charge on any atom is -0.381 e. The highest BCUT2D eigenvalue weighted by molar-refractivity contribution is 7.98. The van der Waals surface area contributed by atoms with Crippen LogP contribution in [0.4, 0.5) is 5.69 Å². The Labute approximate surface area is 119 Å². The predicted octanol–water partition coefficient (Wildman–Crippen LogP) is 3.48. The first kappa shape index (κ1) is 14.4. The van der Waals surface area contributed by atoms with Crippen LogP contribution in [0, 0.1) is 5.92 Å². The number of carbonyl (C=O) groups excluding carboxylic acids is 1. The van der Waals surface area contributed by atoms with Gasteiger partial charge in [-0.15, -0.1) is 0 Å². The molecule has 0 aliphatic carbocycles. The molecule has 19 heavy (non-hydrogen) atoms. The Kier molecular flexibility index (Phi) is 5.28. The molecule has 0 radical (unpaired) electrons. The first-order valence-corrected chi connectivity index (χ1v) is 8.01. The van der Waals surface area contributed by atoms with Crippen molar-refractivity contribution in [3.63, 3.8) is 0 Å². The van der Waals surface area contributed by atoms with Gasteiger partial charge in [0.2, 0.25) is 5.91 Å². The summed E-state index contributed by atoms with van der Waals surface area (Å²) in [6.45, 7) is 3.56. The van der Waals surface area contributed by atoms with Crippen molar-refractivity contribution in [1.82, 2.24) is 0 Å². The molecule has 0 unspecified atom stereocenters. The second-order valence-electron chi connectivity index (χ2n) is 4.88. The molecule has 1 N–H and O–H groups in total. The molecule has 1 aromatic carbocycles. The zero-order chi connectivity index (χ0) is 13.7. The number of ether oxygens (including phenoxy) is 1. The van der Waals surface area contributed by atoms with E-state index in [2.05, 4.69) is 30.6 Å². The van der Waals surface area contributed by atoms with E-state index in [-0.39, 0.29) is 11.8 Å². The fourth-order valence-electron chi connectivity index (χ4n) is 2.21. The van der Waals surface area contributed by atoms with Crippen molar-refractivity contribution in [1.29, 1.82) is 0 Å². The zero-order valence-corrected chi connectivity index (χ0v) is 12.3. The summed E-state index contributed by atoms with van der Waals surface area (Å²) < 4.78 is 5.28. The number of carbonyl (C=O) groups is 1. The molecule has 0 bridgehead atoms. The zero-order valence-electron chi connectivity index (χ0n) is 11.5.